The topological polar surface area (TPSA) is 34.9 Å². The number of carbonyl (C=O) groups excluding carboxylic acids is 1. The van der Waals surface area contributed by atoms with Gasteiger partial charge in [0.1, 0.15) is 5.69 Å². The minimum absolute atomic E-state index is 0.0510. The Hall–Kier alpha value is -1.32. The maximum Gasteiger partial charge on any atom is 0.214 e. The number of benzene rings is 1. The van der Waals surface area contributed by atoms with Crippen molar-refractivity contribution < 1.29 is 4.79 Å². The number of halogens is 2. The number of ketones is 1. The molecule has 1 aromatic heterocycles. The summed E-state index contributed by atoms with van der Waals surface area (Å²) in [6.45, 7) is 5.75. The molecular formula is C14H14Cl2N2O. The van der Waals surface area contributed by atoms with Crippen LogP contribution in [-0.4, -0.2) is 15.6 Å². The van der Waals surface area contributed by atoms with E-state index in [2.05, 4.69) is 5.10 Å². The standard InChI is InChI=1S/C14H14Cl2N2O/c1-8(2)18-13(11(15)7-17-18)14(19)10-6-4-5-9(3)12(10)16/h4-8H,1-3H3. The molecule has 3 nitrogen and oxygen atoms in total. The molecule has 0 N–H and O–H groups in total. The van der Waals surface area contributed by atoms with Crippen LogP contribution in [0.5, 0.6) is 0 Å². The first-order valence-electron chi connectivity index (χ1n) is 5.96. The van der Waals surface area contributed by atoms with Gasteiger partial charge < -0.3 is 0 Å². The Balaban J connectivity index is 2.56. The number of aromatic nitrogens is 2. The van der Waals surface area contributed by atoms with Crippen LogP contribution < -0.4 is 0 Å². The average Bonchev–Trinajstić information content (AvgIpc) is 2.74. The van der Waals surface area contributed by atoms with Gasteiger partial charge in [0.05, 0.1) is 16.2 Å². The van der Waals surface area contributed by atoms with Gasteiger partial charge in [-0.1, -0.05) is 35.3 Å². The van der Waals surface area contributed by atoms with Gasteiger partial charge in [-0.3, -0.25) is 9.48 Å². The summed E-state index contributed by atoms with van der Waals surface area (Å²) in [4.78, 5) is 12.6. The zero-order chi connectivity index (χ0) is 14.2. The third-order valence-corrected chi connectivity index (χ3v) is 3.67. The van der Waals surface area contributed by atoms with Gasteiger partial charge in [0, 0.05) is 11.6 Å². The molecule has 0 aliphatic carbocycles. The fourth-order valence-corrected chi connectivity index (χ4v) is 2.32. The van der Waals surface area contributed by atoms with Crippen molar-refractivity contribution in [3.05, 3.63) is 51.3 Å². The van der Waals surface area contributed by atoms with Gasteiger partial charge in [-0.2, -0.15) is 5.10 Å². The molecule has 5 heteroatoms. The highest BCUT2D eigenvalue weighted by Gasteiger charge is 2.22. The lowest BCUT2D eigenvalue weighted by molar-refractivity contribution is 0.102. The zero-order valence-corrected chi connectivity index (χ0v) is 12.5. The highest BCUT2D eigenvalue weighted by atomic mass is 35.5. The van der Waals surface area contributed by atoms with Gasteiger partial charge in [0.25, 0.3) is 0 Å². The molecule has 0 unspecified atom stereocenters. The van der Waals surface area contributed by atoms with Crippen LogP contribution in [0, 0.1) is 6.92 Å². The molecule has 2 rings (SSSR count). The molecule has 1 aromatic carbocycles. The summed E-state index contributed by atoms with van der Waals surface area (Å²) in [6.07, 6.45) is 1.48. The van der Waals surface area contributed by atoms with E-state index < -0.39 is 0 Å². The minimum atomic E-state index is -0.204. The molecule has 0 spiro atoms. The summed E-state index contributed by atoms with van der Waals surface area (Å²) in [5.41, 5.74) is 1.69. The van der Waals surface area contributed by atoms with Crippen LogP contribution in [0.1, 0.15) is 41.5 Å². The largest absolute Gasteiger partial charge is 0.287 e. The summed E-state index contributed by atoms with van der Waals surface area (Å²) in [5.74, 6) is -0.204. The van der Waals surface area contributed by atoms with E-state index in [4.69, 9.17) is 23.2 Å². The lowest BCUT2D eigenvalue weighted by Crippen LogP contribution is -2.14. The summed E-state index contributed by atoms with van der Waals surface area (Å²) in [5, 5.41) is 4.94. The Morgan fingerprint density at radius 3 is 2.63 bits per heavy atom. The number of hydrogen-bond acceptors (Lipinski definition) is 2. The molecule has 0 atom stereocenters. The molecule has 0 bridgehead atoms. The van der Waals surface area contributed by atoms with Crippen LogP contribution in [0.2, 0.25) is 10.0 Å². The predicted molar refractivity (Wildman–Crippen MR) is 77.2 cm³/mol. The van der Waals surface area contributed by atoms with Crippen molar-refractivity contribution in [1.29, 1.82) is 0 Å². The maximum atomic E-state index is 12.6. The van der Waals surface area contributed by atoms with Gasteiger partial charge in [-0.25, -0.2) is 0 Å². The van der Waals surface area contributed by atoms with Crippen LogP contribution >= 0.6 is 23.2 Å². The summed E-state index contributed by atoms with van der Waals surface area (Å²) < 4.78 is 1.61. The number of aryl methyl sites for hydroxylation is 1. The number of rotatable bonds is 3. The second kappa shape index (κ2) is 5.35. The predicted octanol–water partition coefficient (Wildman–Crippen LogP) is 4.31. The summed E-state index contributed by atoms with van der Waals surface area (Å²) in [7, 11) is 0. The van der Waals surface area contributed by atoms with E-state index in [0.29, 0.717) is 21.3 Å². The van der Waals surface area contributed by atoms with Crippen molar-refractivity contribution in [2.75, 3.05) is 0 Å². The monoisotopic (exact) mass is 296 g/mol. The molecule has 1 heterocycles. The van der Waals surface area contributed by atoms with Crippen LogP contribution in [0.15, 0.2) is 24.4 Å². The highest BCUT2D eigenvalue weighted by molar-refractivity contribution is 6.38. The Bertz CT molecular complexity index is 632. The van der Waals surface area contributed by atoms with Crippen LogP contribution in [0.25, 0.3) is 0 Å². The van der Waals surface area contributed by atoms with E-state index >= 15 is 0 Å². The number of hydrogen-bond donors (Lipinski definition) is 0. The van der Waals surface area contributed by atoms with Crippen molar-refractivity contribution in [1.82, 2.24) is 9.78 Å². The van der Waals surface area contributed by atoms with Crippen molar-refractivity contribution in [3.8, 4) is 0 Å². The third kappa shape index (κ3) is 2.53. The molecular weight excluding hydrogens is 283 g/mol. The molecule has 2 aromatic rings. The van der Waals surface area contributed by atoms with E-state index in [1.807, 2.05) is 26.8 Å². The smallest absolute Gasteiger partial charge is 0.214 e. The van der Waals surface area contributed by atoms with E-state index in [-0.39, 0.29) is 11.8 Å². The fraction of sp³-hybridized carbons (Fsp3) is 0.286. The average molecular weight is 297 g/mol. The molecule has 0 fully saturated rings. The van der Waals surface area contributed by atoms with Crippen molar-refractivity contribution in [2.24, 2.45) is 0 Å². The third-order valence-electron chi connectivity index (χ3n) is 2.89. The SMILES string of the molecule is Cc1cccc(C(=O)c2c(Cl)cnn2C(C)C)c1Cl. The second-order valence-corrected chi connectivity index (χ2v) is 5.43. The lowest BCUT2D eigenvalue weighted by atomic mass is 10.1. The quantitative estimate of drug-likeness (QED) is 0.791. The Kier molecular flexibility index (Phi) is 3.97. The van der Waals surface area contributed by atoms with Gasteiger partial charge in [0.15, 0.2) is 0 Å². The first-order valence-corrected chi connectivity index (χ1v) is 6.72. The Labute approximate surface area is 122 Å². The molecule has 100 valence electrons. The van der Waals surface area contributed by atoms with Gasteiger partial charge in [0.2, 0.25) is 5.78 Å². The van der Waals surface area contributed by atoms with E-state index in [9.17, 15) is 4.79 Å². The minimum Gasteiger partial charge on any atom is -0.287 e. The normalized spacial score (nSPS) is 11.1. The molecule has 0 radical (unpaired) electrons. The molecule has 0 aliphatic heterocycles. The molecule has 0 aliphatic rings. The van der Waals surface area contributed by atoms with E-state index in [1.165, 1.54) is 6.20 Å². The van der Waals surface area contributed by atoms with E-state index in [0.717, 1.165) is 5.56 Å². The Morgan fingerprint density at radius 1 is 1.32 bits per heavy atom. The van der Waals surface area contributed by atoms with Crippen LogP contribution in [-0.2, 0) is 0 Å². The zero-order valence-electron chi connectivity index (χ0n) is 10.9. The van der Waals surface area contributed by atoms with Crippen LogP contribution in [0.4, 0.5) is 0 Å². The molecule has 0 amide bonds. The summed E-state index contributed by atoms with van der Waals surface area (Å²) >= 11 is 12.3. The number of carbonyl (C=O) groups is 1. The fourth-order valence-electron chi connectivity index (χ4n) is 1.90. The molecule has 0 saturated heterocycles. The first kappa shape index (κ1) is 14.1. The van der Waals surface area contributed by atoms with Crippen LogP contribution in [0.3, 0.4) is 0 Å². The molecule has 19 heavy (non-hydrogen) atoms. The van der Waals surface area contributed by atoms with Crippen molar-refractivity contribution in [3.63, 3.8) is 0 Å². The Morgan fingerprint density at radius 2 is 2.00 bits per heavy atom. The van der Waals surface area contributed by atoms with Gasteiger partial charge >= 0.3 is 0 Å². The second-order valence-electron chi connectivity index (χ2n) is 4.65. The summed E-state index contributed by atoms with van der Waals surface area (Å²) in [6, 6.07) is 5.42. The first-order chi connectivity index (χ1) is 8.93. The van der Waals surface area contributed by atoms with Gasteiger partial charge in [-0.05, 0) is 32.4 Å². The lowest BCUT2D eigenvalue weighted by Gasteiger charge is -2.12. The number of nitrogens with zero attached hydrogens (tertiary/aromatic N) is 2. The van der Waals surface area contributed by atoms with Crippen molar-refractivity contribution >= 4 is 29.0 Å². The highest BCUT2D eigenvalue weighted by Crippen LogP contribution is 2.27. The van der Waals surface area contributed by atoms with E-state index in [1.54, 1.807) is 16.8 Å². The molecule has 0 saturated carbocycles. The van der Waals surface area contributed by atoms with Gasteiger partial charge in [-0.15, -0.1) is 0 Å². The van der Waals surface area contributed by atoms with Crippen molar-refractivity contribution in [2.45, 2.75) is 26.8 Å². The maximum absolute atomic E-state index is 12.6.